The van der Waals surface area contributed by atoms with Crippen molar-refractivity contribution in [1.82, 2.24) is 89.3 Å². The Morgan fingerprint density at radius 3 is 1.02 bits per heavy atom. The first-order valence-corrected chi connectivity index (χ1v) is 45.2. The van der Waals surface area contributed by atoms with Crippen LogP contribution in [0.2, 0.25) is 0 Å². The number of Topliss-reactive ketones (excluding diaryl/α,β-unsaturated/α-hetero) is 1. The molecule has 4 aromatic heterocycles. The van der Waals surface area contributed by atoms with Gasteiger partial charge in [-0.05, 0) is 76.1 Å². The number of nitrogens with zero attached hydrogens (tertiary/aromatic N) is 16. The molecule has 13 N–H and O–H groups in total. The number of rotatable bonds is 25. The van der Waals surface area contributed by atoms with E-state index in [4.69, 9.17) is 45.4 Å². The Bertz CT molecular complexity index is 6750. The number of aromatic nitrogens is 12. The van der Waals surface area contributed by atoms with E-state index < -0.39 is 244 Å². The molecule has 60 heteroatoms. The molecule has 0 aliphatic carbocycles. The number of alkyl halides is 12. The summed E-state index contributed by atoms with van der Waals surface area (Å²) in [6, 6.07) is 24.4. The van der Waals surface area contributed by atoms with Crippen molar-refractivity contribution in [1.29, 1.82) is 0 Å². The summed E-state index contributed by atoms with van der Waals surface area (Å²) in [5.74, 6) is -26.0. The van der Waals surface area contributed by atoms with Gasteiger partial charge in [-0.2, -0.15) is 52.7 Å². The maximum absolute atomic E-state index is 14.4. The van der Waals surface area contributed by atoms with Gasteiger partial charge in [0.1, 0.15) is 47.2 Å². The number of carbonyl (C=O) groups excluding carboxylic acids is 8. The fraction of sp³-hybridized carbons (Fsp3) is 0.322. The number of carboxylic acids is 1. The van der Waals surface area contributed by atoms with Crippen LogP contribution in [0.5, 0.6) is 0 Å². The van der Waals surface area contributed by atoms with E-state index >= 15 is 0 Å². The molecule has 11 aromatic rings. The van der Waals surface area contributed by atoms with Crippen LogP contribution in [0.3, 0.4) is 0 Å². The molecule has 7 aromatic carbocycles. The zero-order valence-corrected chi connectivity index (χ0v) is 79.3. The summed E-state index contributed by atoms with van der Waals surface area (Å²) in [6.07, 6.45) is -20.7. The van der Waals surface area contributed by atoms with E-state index in [1.807, 2.05) is 18.2 Å². The van der Waals surface area contributed by atoms with Crippen LogP contribution in [-0.2, 0) is 171 Å². The molecular formula is C90H83F24N23O12Pt. The first kappa shape index (κ1) is 118. The standard InChI is InChI=1S/C24H22F6N6O2.C24H20F6N6O2.C16H15F6N5O.C16H12F6N4O2.C8H10N2O.C2H4O2.2O.Pt/c2*25-16-11-18(27)17(26)9-14(16)8-15(32-21(22(31)38)13-4-2-1-3-5-13)10-20(37)35-6-7-36-19(12-35)33-34-23(36)24(28,29)30;17-10-6-12(19)11(18)4-8(10)3-9(23)5-14(28)26-1-2-27-13(7-26)24-25-15(27)16(20,21)22;17-10-6-12(19)11(18)4-8(10)3-9(27)5-14(28)25-1-2-26-13(7-25)23-24-15(26)16(20,21)22;9-7(8(10)11)6-4-2-1-3-5-6;1-2(3)4;;;/h1-5,9,11,15,21,32H,6-8,10,12H2,(H2,31,38);1-5,9-11,21,32H,6-8,12H2,(H2,31,38);4,6,9H,1-3,5,7,23H2;4,6H,1-3,5,7H2;1-5,7H,9H2,(H2,10,11);1H3,(H,3,4);;;/b;15-10-;;;;;;;/t15-,21+;21-;9-;;7-;;;;/m101.0..../s1. The molecule has 8 heterocycles. The number of amides is 7. The summed E-state index contributed by atoms with van der Waals surface area (Å²) in [4.78, 5) is 112. The predicted molar refractivity (Wildman–Crippen MR) is 461 cm³/mol. The molecule has 4 aliphatic heterocycles. The molecule has 0 spiro atoms. The number of nitrogens with two attached hydrogens (primary N) is 5. The van der Waals surface area contributed by atoms with Crippen molar-refractivity contribution in [3.63, 3.8) is 0 Å². The number of hydrogen-bond acceptors (Lipinski definition) is 23. The van der Waals surface area contributed by atoms with Crippen molar-refractivity contribution < 1.29 is 179 Å². The van der Waals surface area contributed by atoms with Gasteiger partial charge in [-0.1, -0.05) is 91.0 Å². The first-order valence-electron chi connectivity index (χ1n) is 43.3. The molecule has 150 heavy (non-hydrogen) atoms. The summed E-state index contributed by atoms with van der Waals surface area (Å²) >= 11 is -1.92. The number of hydrogen-bond donors (Lipinski definition) is 8. The van der Waals surface area contributed by atoms with E-state index in [2.05, 4.69) is 51.4 Å². The van der Waals surface area contributed by atoms with Crippen molar-refractivity contribution in [3.05, 3.63) is 307 Å². The number of fused-ring (bicyclic) bond motifs is 4. The average molecular weight is 2330 g/mol. The average Bonchev–Trinajstić information content (AvgIpc) is 1.65. The van der Waals surface area contributed by atoms with Crippen LogP contribution in [0.4, 0.5) is 105 Å². The van der Waals surface area contributed by atoms with Crippen molar-refractivity contribution in [2.24, 2.45) is 28.7 Å². The number of aliphatic carboxylic acids is 1. The molecule has 0 radical (unpaired) electrons. The van der Waals surface area contributed by atoms with Gasteiger partial charge in [0.25, 0.3) is 5.97 Å². The Balaban J connectivity index is 0.000000211. The van der Waals surface area contributed by atoms with Gasteiger partial charge >= 0.3 is 50.0 Å². The van der Waals surface area contributed by atoms with Gasteiger partial charge in [0, 0.05) is 133 Å². The minimum absolute atomic E-state index is 0.000783. The van der Waals surface area contributed by atoms with Crippen molar-refractivity contribution in [3.8, 4) is 0 Å². The molecule has 0 bridgehead atoms. The van der Waals surface area contributed by atoms with E-state index in [-0.39, 0.29) is 150 Å². The van der Waals surface area contributed by atoms with Crippen LogP contribution in [0.1, 0.15) is 130 Å². The molecule has 0 saturated carbocycles. The van der Waals surface area contributed by atoms with Crippen LogP contribution in [0.15, 0.2) is 151 Å². The van der Waals surface area contributed by atoms with E-state index in [0.717, 1.165) is 41.7 Å². The molecule has 0 fully saturated rings. The fourth-order valence-corrected chi connectivity index (χ4v) is 15.0. The zero-order valence-electron chi connectivity index (χ0n) is 77.0. The monoisotopic (exact) mass is 2330 g/mol. The SMILES string of the molecule is CC(=O)O.NC(=O)[C@@H](N)c1ccccc1.NC(=O)[C@@H](N/C(=C\C(=O)N1CCn2c(nnc2C(F)(F)F)C1)Cc1cc(F)c(F)cc1F)c1ccccc1.NC(=O)[C@@H](N[C@@H](CC(=O)N1CCn2c(nnc2C(F)(F)F)C1)Cc1cc(F)c(F)cc1F)c1ccccc1.N[C@@H](CC(=O)N1CCn2c(nnc2C(F)(F)F)C1)Cc1cc(F)c(F)cc1F.O=C(CC(=O)N1CCn2c(nnc2C(F)(F)F)C1)Cc1cc(F)c(F)cc1F.[O]=[Pt]=[O]. The van der Waals surface area contributed by atoms with Gasteiger partial charge in [0.15, 0.2) is 69.8 Å². The fourth-order valence-electron chi connectivity index (χ4n) is 15.0. The van der Waals surface area contributed by atoms with Crippen LogP contribution >= 0.6 is 0 Å². The van der Waals surface area contributed by atoms with Gasteiger partial charge in [-0.3, -0.25) is 48.5 Å². The van der Waals surface area contributed by atoms with Crippen LogP contribution in [0.25, 0.3) is 0 Å². The third-order valence-corrected chi connectivity index (χ3v) is 22.0. The topological polar surface area (TPSA) is 498 Å². The predicted octanol–water partition coefficient (Wildman–Crippen LogP) is 10.2. The Kier molecular flexibility index (Phi) is 40.9. The summed E-state index contributed by atoms with van der Waals surface area (Å²) < 4.78 is 339. The summed E-state index contributed by atoms with van der Waals surface area (Å²) in [5.41, 5.74) is 27.8. The van der Waals surface area contributed by atoms with Gasteiger partial charge < -0.3 is 77.0 Å². The number of allylic oxidation sites excluding steroid dienone is 1. The number of benzene rings is 7. The number of ketones is 1. The number of halogens is 24. The Morgan fingerprint density at radius 2 is 0.673 bits per heavy atom. The van der Waals surface area contributed by atoms with Crippen LogP contribution < -0.4 is 39.3 Å². The summed E-state index contributed by atoms with van der Waals surface area (Å²) in [6.45, 7) is -0.995. The molecule has 808 valence electrons. The number of carboxylic acid groups (broad SMARTS) is 1. The molecule has 35 nitrogen and oxygen atoms in total. The second-order valence-electron chi connectivity index (χ2n) is 32.7. The number of primary amides is 3. The summed E-state index contributed by atoms with van der Waals surface area (Å²) in [5, 5.41) is 39.6. The molecule has 4 aliphatic rings. The quantitative estimate of drug-likeness (QED) is 0.0114. The molecule has 0 saturated heterocycles. The third-order valence-electron chi connectivity index (χ3n) is 22.0. The van der Waals surface area contributed by atoms with Crippen LogP contribution in [-0.4, -0.2) is 175 Å². The van der Waals surface area contributed by atoms with E-state index in [0.29, 0.717) is 59.7 Å². The molecular weight excluding hydrogens is 2250 g/mol. The minimum atomic E-state index is -4.72. The Hall–Kier alpha value is -15.4. The Morgan fingerprint density at radius 1 is 0.380 bits per heavy atom. The second-order valence-corrected chi connectivity index (χ2v) is 33.0. The molecule has 7 amide bonds. The van der Waals surface area contributed by atoms with Gasteiger partial charge in [0.2, 0.25) is 64.6 Å². The zero-order chi connectivity index (χ0) is 111. The van der Waals surface area contributed by atoms with Crippen molar-refractivity contribution in [2.45, 2.75) is 159 Å². The third kappa shape index (κ3) is 32.8. The van der Waals surface area contributed by atoms with Crippen LogP contribution in [0, 0.1) is 69.8 Å². The second kappa shape index (κ2) is 51.9. The van der Waals surface area contributed by atoms with Crippen molar-refractivity contribution in [2.75, 3.05) is 26.2 Å². The van der Waals surface area contributed by atoms with Crippen molar-refractivity contribution >= 4 is 53.1 Å². The maximum atomic E-state index is 14.4. The summed E-state index contributed by atoms with van der Waals surface area (Å²) in [7, 11) is 0. The van der Waals surface area contributed by atoms with E-state index in [1.165, 1.54) is 14.7 Å². The molecule has 5 atom stereocenters. The Labute approximate surface area is 838 Å². The first-order chi connectivity index (χ1) is 70.3. The van der Waals surface area contributed by atoms with Gasteiger partial charge in [-0.25, -0.2) is 52.7 Å². The van der Waals surface area contributed by atoms with Gasteiger partial charge in [-0.15, -0.1) is 40.8 Å². The van der Waals surface area contributed by atoms with Gasteiger partial charge in [0.05, 0.1) is 32.6 Å². The number of nitrogens with one attached hydrogen (secondary N) is 2. The molecule has 0 unspecified atom stereocenters. The number of carbonyl (C=O) groups is 9. The van der Waals surface area contributed by atoms with E-state index in [1.54, 1.807) is 72.8 Å². The molecule has 15 rings (SSSR count). The normalized spacial score (nSPS) is 14.3. The van der Waals surface area contributed by atoms with E-state index in [9.17, 15) is 144 Å².